The highest BCUT2D eigenvalue weighted by Gasteiger charge is 2.07. The molecule has 3 nitrogen and oxygen atoms in total. The van der Waals surface area contributed by atoms with Crippen molar-refractivity contribution in [2.45, 2.75) is 6.61 Å². The Hall–Kier alpha value is -2.07. The number of para-hydroxylation sites is 1. The van der Waals surface area contributed by atoms with E-state index in [0.717, 1.165) is 27.3 Å². The molecule has 0 aliphatic rings. The first-order valence-corrected chi connectivity index (χ1v) is 6.90. The van der Waals surface area contributed by atoms with Gasteiger partial charge in [0.05, 0.1) is 16.3 Å². The van der Waals surface area contributed by atoms with E-state index in [-0.39, 0.29) is 0 Å². The lowest BCUT2D eigenvalue weighted by Crippen LogP contribution is -1.98. The summed E-state index contributed by atoms with van der Waals surface area (Å²) in [6, 6.07) is 13.0. The molecule has 1 aromatic heterocycles. The van der Waals surface area contributed by atoms with Gasteiger partial charge in [-0.3, -0.25) is 4.79 Å². The molecule has 3 aromatic rings. The average molecular weight is 331 g/mol. The number of hydrogen-bond donors (Lipinski definition) is 0. The Morgan fingerprint density at radius 3 is 2.90 bits per heavy atom. The predicted octanol–water partition coefficient (Wildman–Crippen LogP) is 4.59. The van der Waals surface area contributed by atoms with Gasteiger partial charge >= 0.3 is 0 Å². The fraction of sp³-hybridized carbons (Fsp3) is 0.0625. The third kappa shape index (κ3) is 2.47. The third-order valence-electron chi connectivity index (χ3n) is 3.01. The second-order valence-corrected chi connectivity index (χ2v) is 5.22. The Morgan fingerprint density at radius 2 is 2.05 bits per heavy atom. The number of benzene rings is 2. The second-order valence-electron chi connectivity index (χ2n) is 4.36. The standard InChI is InChI=1S/C16H11BrO3/c17-14-8-11(7-12-5-6-19-16(12)14)10-20-15-4-2-1-3-13(15)9-18/h1-9H,10H2. The molecule has 0 aliphatic carbocycles. The Labute approximate surface area is 124 Å². The van der Waals surface area contributed by atoms with Gasteiger partial charge in [-0.1, -0.05) is 12.1 Å². The minimum absolute atomic E-state index is 0.393. The first kappa shape index (κ1) is 12.9. The molecule has 4 heteroatoms. The minimum atomic E-state index is 0.393. The molecule has 3 rings (SSSR count). The van der Waals surface area contributed by atoms with Gasteiger partial charge in [-0.05, 0) is 51.8 Å². The molecule has 0 spiro atoms. The molecule has 0 aliphatic heterocycles. The van der Waals surface area contributed by atoms with Crippen LogP contribution in [0.15, 0.2) is 57.6 Å². The SMILES string of the molecule is O=Cc1ccccc1OCc1cc(Br)c2occc2c1. The highest BCUT2D eigenvalue weighted by molar-refractivity contribution is 9.10. The van der Waals surface area contributed by atoms with Crippen LogP contribution in [-0.4, -0.2) is 6.29 Å². The molecule has 20 heavy (non-hydrogen) atoms. The van der Waals surface area contributed by atoms with E-state index in [2.05, 4.69) is 15.9 Å². The molecule has 1 heterocycles. The maximum absolute atomic E-state index is 10.9. The topological polar surface area (TPSA) is 39.4 Å². The highest BCUT2D eigenvalue weighted by atomic mass is 79.9. The lowest BCUT2D eigenvalue weighted by atomic mass is 10.2. The Bertz CT molecular complexity index is 761. The maximum atomic E-state index is 10.9. The number of aldehydes is 1. The summed E-state index contributed by atoms with van der Waals surface area (Å²) in [4.78, 5) is 10.9. The van der Waals surface area contributed by atoms with E-state index in [0.29, 0.717) is 17.9 Å². The Kier molecular flexibility index (Phi) is 3.56. The quantitative estimate of drug-likeness (QED) is 0.657. The van der Waals surface area contributed by atoms with E-state index < -0.39 is 0 Å². The van der Waals surface area contributed by atoms with Crippen molar-refractivity contribution in [2.24, 2.45) is 0 Å². The van der Waals surface area contributed by atoms with Gasteiger partial charge in [0.2, 0.25) is 0 Å². The van der Waals surface area contributed by atoms with Crippen LogP contribution in [0, 0.1) is 0 Å². The maximum Gasteiger partial charge on any atom is 0.153 e. The first-order chi connectivity index (χ1) is 9.78. The Balaban J connectivity index is 1.84. The van der Waals surface area contributed by atoms with Gasteiger partial charge in [-0.15, -0.1) is 0 Å². The van der Waals surface area contributed by atoms with E-state index in [9.17, 15) is 4.79 Å². The molecule has 0 N–H and O–H groups in total. The summed E-state index contributed by atoms with van der Waals surface area (Å²) in [7, 11) is 0. The molecule has 0 amide bonds. The molecular formula is C16H11BrO3. The summed E-state index contributed by atoms with van der Waals surface area (Å²) < 4.78 is 12.0. The summed E-state index contributed by atoms with van der Waals surface area (Å²) in [6.45, 7) is 0.393. The van der Waals surface area contributed by atoms with Crippen molar-refractivity contribution in [3.05, 3.63) is 64.3 Å². The van der Waals surface area contributed by atoms with E-state index >= 15 is 0 Å². The zero-order chi connectivity index (χ0) is 13.9. The van der Waals surface area contributed by atoms with Gasteiger partial charge in [0.15, 0.2) is 6.29 Å². The molecule has 100 valence electrons. The second kappa shape index (κ2) is 5.51. The summed E-state index contributed by atoms with van der Waals surface area (Å²) in [6.07, 6.45) is 2.45. The number of rotatable bonds is 4. The average Bonchev–Trinajstić information content (AvgIpc) is 2.94. The van der Waals surface area contributed by atoms with Gasteiger partial charge in [-0.25, -0.2) is 0 Å². The number of halogens is 1. The van der Waals surface area contributed by atoms with Crippen LogP contribution in [0.25, 0.3) is 11.0 Å². The third-order valence-corrected chi connectivity index (χ3v) is 3.59. The van der Waals surface area contributed by atoms with Crippen LogP contribution < -0.4 is 4.74 Å². The molecular weight excluding hydrogens is 320 g/mol. The number of hydrogen-bond acceptors (Lipinski definition) is 3. The zero-order valence-corrected chi connectivity index (χ0v) is 12.1. The van der Waals surface area contributed by atoms with Crippen LogP contribution >= 0.6 is 15.9 Å². The molecule has 0 unspecified atom stereocenters. The molecule has 0 saturated carbocycles. The first-order valence-electron chi connectivity index (χ1n) is 6.10. The summed E-state index contributed by atoms with van der Waals surface area (Å²) in [5.74, 6) is 0.589. The molecule has 0 atom stereocenters. The molecule has 2 aromatic carbocycles. The van der Waals surface area contributed by atoms with Crippen LogP contribution in [0.3, 0.4) is 0 Å². The van der Waals surface area contributed by atoms with Gasteiger partial charge in [-0.2, -0.15) is 0 Å². The van der Waals surface area contributed by atoms with Crippen LogP contribution in [0.2, 0.25) is 0 Å². The molecule has 0 bridgehead atoms. The smallest absolute Gasteiger partial charge is 0.153 e. The number of ether oxygens (including phenoxy) is 1. The molecule has 0 fully saturated rings. The lowest BCUT2D eigenvalue weighted by Gasteiger charge is -2.08. The number of fused-ring (bicyclic) bond motifs is 1. The van der Waals surface area contributed by atoms with Crippen LogP contribution in [0.1, 0.15) is 15.9 Å². The van der Waals surface area contributed by atoms with Crippen molar-refractivity contribution in [3.8, 4) is 5.75 Å². The number of carbonyl (C=O) groups excluding carboxylic acids is 1. The largest absolute Gasteiger partial charge is 0.488 e. The van der Waals surface area contributed by atoms with Crippen molar-refractivity contribution in [1.29, 1.82) is 0 Å². The van der Waals surface area contributed by atoms with Crippen molar-refractivity contribution >= 4 is 33.2 Å². The molecule has 0 radical (unpaired) electrons. The van der Waals surface area contributed by atoms with Crippen molar-refractivity contribution in [1.82, 2.24) is 0 Å². The molecule has 0 saturated heterocycles. The van der Waals surface area contributed by atoms with E-state index in [4.69, 9.17) is 9.15 Å². The normalized spacial score (nSPS) is 10.7. The van der Waals surface area contributed by atoms with Crippen LogP contribution in [0.5, 0.6) is 5.75 Å². The monoisotopic (exact) mass is 330 g/mol. The Morgan fingerprint density at radius 1 is 1.20 bits per heavy atom. The van der Waals surface area contributed by atoms with Gasteiger partial charge in [0.1, 0.15) is 17.9 Å². The van der Waals surface area contributed by atoms with Gasteiger partial charge in [0, 0.05) is 5.39 Å². The van der Waals surface area contributed by atoms with Gasteiger partial charge in [0.25, 0.3) is 0 Å². The van der Waals surface area contributed by atoms with Crippen LogP contribution in [-0.2, 0) is 6.61 Å². The van der Waals surface area contributed by atoms with Crippen LogP contribution in [0.4, 0.5) is 0 Å². The summed E-state index contributed by atoms with van der Waals surface area (Å²) >= 11 is 3.48. The predicted molar refractivity (Wildman–Crippen MR) is 80.1 cm³/mol. The fourth-order valence-corrected chi connectivity index (χ4v) is 2.67. The number of furan rings is 1. The van der Waals surface area contributed by atoms with Gasteiger partial charge < -0.3 is 9.15 Å². The lowest BCUT2D eigenvalue weighted by molar-refractivity contribution is 0.111. The minimum Gasteiger partial charge on any atom is -0.488 e. The van der Waals surface area contributed by atoms with E-state index in [1.54, 1.807) is 18.4 Å². The van der Waals surface area contributed by atoms with Crippen molar-refractivity contribution in [2.75, 3.05) is 0 Å². The van der Waals surface area contributed by atoms with E-state index in [1.165, 1.54) is 0 Å². The van der Waals surface area contributed by atoms with Crippen molar-refractivity contribution in [3.63, 3.8) is 0 Å². The van der Waals surface area contributed by atoms with Crippen molar-refractivity contribution < 1.29 is 13.9 Å². The highest BCUT2D eigenvalue weighted by Crippen LogP contribution is 2.27. The summed E-state index contributed by atoms with van der Waals surface area (Å²) in [5.41, 5.74) is 2.38. The fourth-order valence-electron chi connectivity index (χ4n) is 2.05. The zero-order valence-electron chi connectivity index (χ0n) is 10.5. The number of carbonyl (C=O) groups is 1. The summed E-state index contributed by atoms with van der Waals surface area (Å²) in [5, 5.41) is 1.02. The van der Waals surface area contributed by atoms with E-state index in [1.807, 2.05) is 30.3 Å².